The van der Waals surface area contributed by atoms with Crippen LogP contribution in [0.5, 0.6) is 0 Å². The van der Waals surface area contributed by atoms with Gasteiger partial charge in [0.25, 0.3) is 0 Å². The van der Waals surface area contributed by atoms with Crippen LogP contribution < -0.4 is 0 Å². The third-order valence-electron chi connectivity index (χ3n) is 3.41. The van der Waals surface area contributed by atoms with Gasteiger partial charge in [0.15, 0.2) is 0 Å². The fourth-order valence-corrected chi connectivity index (χ4v) is 2.37. The van der Waals surface area contributed by atoms with Gasteiger partial charge in [0.2, 0.25) is 11.8 Å². The number of aryl methyl sites for hydroxylation is 1. The maximum Gasteiger partial charge on any atom is 0.247 e. The molecule has 1 aromatic heterocycles. The van der Waals surface area contributed by atoms with Crippen LogP contribution in [0.2, 0.25) is 0 Å². The largest absolute Gasteiger partial charge is 0.421 e. The Hall–Kier alpha value is -1.64. The third kappa shape index (κ3) is 2.92. The summed E-state index contributed by atoms with van der Waals surface area (Å²) < 4.78 is 5.54. The lowest BCUT2D eigenvalue weighted by molar-refractivity contribution is 0.524. The summed E-state index contributed by atoms with van der Waals surface area (Å²) in [7, 11) is 0. The fraction of sp³-hybridized carbons (Fsp3) is 0.529. The van der Waals surface area contributed by atoms with E-state index in [2.05, 4.69) is 69.9 Å². The van der Waals surface area contributed by atoms with Crippen molar-refractivity contribution < 1.29 is 4.42 Å². The van der Waals surface area contributed by atoms with Crippen molar-refractivity contribution in [3.63, 3.8) is 0 Å². The maximum absolute atomic E-state index is 5.54. The first-order valence-electron chi connectivity index (χ1n) is 7.04. The molecule has 20 heavy (non-hydrogen) atoms. The van der Waals surface area contributed by atoms with E-state index in [-0.39, 0.29) is 10.8 Å². The van der Waals surface area contributed by atoms with Gasteiger partial charge in [-0.15, -0.1) is 10.2 Å². The van der Waals surface area contributed by atoms with Crippen LogP contribution >= 0.6 is 0 Å². The molecule has 0 bridgehead atoms. The van der Waals surface area contributed by atoms with Crippen molar-refractivity contribution in [1.29, 1.82) is 0 Å². The second-order valence-electron chi connectivity index (χ2n) is 7.39. The molecule has 1 heterocycles. The molecule has 0 N–H and O–H groups in total. The molecule has 108 valence electrons. The number of hydrogen-bond acceptors (Lipinski definition) is 3. The number of benzene rings is 1. The Morgan fingerprint density at radius 1 is 0.850 bits per heavy atom. The van der Waals surface area contributed by atoms with Gasteiger partial charge in [-0.05, 0) is 34.1 Å². The molecular weight excluding hydrogens is 248 g/mol. The van der Waals surface area contributed by atoms with E-state index in [0.29, 0.717) is 11.8 Å². The first kappa shape index (κ1) is 14.8. The highest BCUT2D eigenvalue weighted by molar-refractivity contribution is 5.57. The standard InChI is InChI=1S/C17H24N2O/c1-11-18-19-15(20-11)12-8-9-13(16(2,3)4)14(10-12)17(5,6)7/h8-10H,1-7H3. The van der Waals surface area contributed by atoms with Crippen molar-refractivity contribution in [3.05, 3.63) is 35.2 Å². The average molecular weight is 272 g/mol. The highest BCUT2D eigenvalue weighted by atomic mass is 16.4. The molecule has 0 unspecified atom stereocenters. The Morgan fingerprint density at radius 3 is 1.90 bits per heavy atom. The van der Waals surface area contributed by atoms with Gasteiger partial charge in [-0.3, -0.25) is 0 Å². The molecule has 0 amide bonds. The molecule has 0 atom stereocenters. The summed E-state index contributed by atoms with van der Waals surface area (Å²) in [5.41, 5.74) is 3.88. The number of aromatic nitrogens is 2. The van der Waals surface area contributed by atoms with Crippen LogP contribution in [-0.2, 0) is 10.8 Å². The Balaban J connectivity index is 2.61. The minimum absolute atomic E-state index is 0.0771. The summed E-state index contributed by atoms with van der Waals surface area (Å²) >= 11 is 0. The van der Waals surface area contributed by atoms with Crippen molar-refractivity contribution >= 4 is 0 Å². The monoisotopic (exact) mass is 272 g/mol. The molecule has 0 saturated carbocycles. The smallest absolute Gasteiger partial charge is 0.247 e. The molecule has 0 radical (unpaired) electrons. The third-order valence-corrected chi connectivity index (χ3v) is 3.41. The van der Waals surface area contributed by atoms with Gasteiger partial charge >= 0.3 is 0 Å². The molecule has 0 aliphatic rings. The number of nitrogens with zero attached hydrogens (tertiary/aromatic N) is 2. The zero-order valence-corrected chi connectivity index (χ0v) is 13.5. The van der Waals surface area contributed by atoms with E-state index in [0.717, 1.165) is 5.56 Å². The number of rotatable bonds is 1. The lowest BCUT2D eigenvalue weighted by atomic mass is 9.74. The Labute approximate surface area is 121 Å². The van der Waals surface area contributed by atoms with Gasteiger partial charge in [-0.1, -0.05) is 47.6 Å². The van der Waals surface area contributed by atoms with E-state index >= 15 is 0 Å². The van der Waals surface area contributed by atoms with Crippen LogP contribution in [0, 0.1) is 6.92 Å². The molecule has 0 fully saturated rings. The summed E-state index contributed by atoms with van der Waals surface area (Å²) in [6.45, 7) is 15.3. The first-order valence-corrected chi connectivity index (χ1v) is 7.04. The average Bonchev–Trinajstić information content (AvgIpc) is 2.73. The Kier molecular flexibility index (Phi) is 3.49. The predicted molar refractivity (Wildman–Crippen MR) is 81.9 cm³/mol. The molecule has 3 nitrogen and oxygen atoms in total. The van der Waals surface area contributed by atoms with Gasteiger partial charge in [0, 0.05) is 12.5 Å². The molecule has 0 saturated heterocycles. The van der Waals surface area contributed by atoms with Gasteiger partial charge in [0.1, 0.15) is 0 Å². The first-order chi connectivity index (χ1) is 9.09. The highest BCUT2D eigenvalue weighted by Gasteiger charge is 2.25. The fourth-order valence-electron chi connectivity index (χ4n) is 2.37. The molecule has 2 rings (SSSR count). The second-order valence-corrected chi connectivity index (χ2v) is 7.39. The van der Waals surface area contributed by atoms with E-state index in [9.17, 15) is 0 Å². The number of hydrogen-bond donors (Lipinski definition) is 0. The van der Waals surface area contributed by atoms with Gasteiger partial charge in [-0.2, -0.15) is 0 Å². The zero-order valence-electron chi connectivity index (χ0n) is 13.5. The summed E-state index contributed by atoms with van der Waals surface area (Å²) in [5, 5.41) is 8.02. The van der Waals surface area contributed by atoms with E-state index < -0.39 is 0 Å². The van der Waals surface area contributed by atoms with Crippen LogP contribution in [0.15, 0.2) is 22.6 Å². The lowest BCUT2D eigenvalue weighted by Gasteiger charge is -2.30. The van der Waals surface area contributed by atoms with Gasteiger partial charge < -0.3 is 4.42 Å². The summed E-state index contributed by atoms with van der Waals surface area (Å²) in [6.07, 6.45) is 0. The topological polar surface area (TPSA) is 38.9 Å². The predicted octanol–water partition coefficient (Wildman–Crippen LogP) is 4.64. The highest BCUT2D eigenvalue weighted by Crippen LogP contribution is 2.36. The van der Waals surface area contributed by atoms with Crippen molar-refractivity contribution in [2.24, 2.45) is 0 Å². The van der Waals surface area contributed by atoms with Crippen LogP contribution in [0.1, 0.15) is 58.6 Å². The van der Waals surface area contributed by atoms with Crippen molar-refractivity contribution in [2.75, 3.05) is 0 Å². The minimum atomic E-state index is 0.0771. The van der Waals surface area contributed by atoms with Gasteiger partial charge in [-0.25, -0.2) is 0 Å². The molecule has 2 aromatic rings. The van der Waals surface area contributed by atoms with Crippen molar-refractivity contribution in [3.8, 4) is 11.5 Å². The van der Waals surface area contributed by atoms with E-state index in [1.807, 2.05) is 6.92 Å². The van der Waals surface area contributed by atoms with Crippen molar-refractivity contribution in [1.82, 2.24) is 10.2 Å². The summed E-state index contributed by atoms with van der Waals surface area (Å²) in [4.78, 5) is 0. The summed E-state index contributed by atoms with van der Waals surface area (Å²) in [6, 6.07) is 6.45. The van der Waals surface area contributed by atoms with Crippen molar-refractivity contribution in [2.45, 2.75) is 59.3 Å². The molecule has 1 aromatic carbocycles. The Bertz CT molecular complexity index is 613. The van der Waals surface area contributed by atoms with E-state index in [4.69, 9.17) is 4.42 Å². The van der Waals surface area contributed by atoms with E-state index in [1.54, 1.807) is 0 Å². The SMILES string of the molecule is Cc1nnc(-c2ccc(C(C)(C)C)c(C(C)(C)C)c2)o1. The Morgan fingerprint density at radius 2 is 1.45 bits per heavy atom. The lowest BCUT2D eigenvalue weighted by Crippen LogP contribution is -2.21. The molecule has 3 heteroatoms. The quantitative estimate of drug-likeness (QED) is 0.759. The van der Waals surface area contributed by atoms with Crippen LogP contribution in [-0.4, -0.2) is 10.2 Å². The second kappa shape index (κ2) is 4.72. The normalized spacial score (nSPS) is 12.8. The van der Waals surface area contributed by atoms with Crippen LogP contribution in [0.4, 0.5) is 0 Å². The minimum Gasteiger partial charge on any atom is -0.421 e. The van der Waals surface area contributed by atoms with Crippen LogP contribution in [0.25, 0.3) is 11.5 Å². The van der Waals surface area contributed by atoms with Crippen LogP contribution in [0.3, 0.4) is 0 Å². The molecule has 0 spiro atoms. The maximum atomic E-state index is 5.54. The summed E-state index contributed by atoms with van der Waals surface area (Å²) in [5.74, 6) is 1.19. The molecule has 0 aliphatic heterocycles. The zero-order chi connectivity index (χ0) is 15.1. The molecular formula is C17H24N2O. The molecule has 0 aliphatic carbocycles. The van der Waals surface area contributed by atoms with Gasteiger partial charge in [0.05, 0.1) is 0 Å². The van der Waals surface area contributed by atoms with E-state index in [1.165, 1.54) is 11.1 Å².